The van der Waals surface area contributed by atoms with Gasteiger partial charge >= 0.3 is 0 Å². The number of nitrogens with one attached hydrogen (secondary N) is 2. The second-order valence-electron chi connectivity index (χ2n) is 4.70. The number of rotatable bonds is 4. The van der Waals surface area contributed by atoms with Gasteiger partial charge in [-0.2, -0.15) is 5.10 Å². The van der Waals surface area contributed by atoms with E-state index in [4.69, 9.17) is 0 Å². The normalized spacial score (nSPS) is 11.0. The van der Waals surface area contributed by atoms with Crippen LogP contribution in [0.25, 0.3) is 5.65 Å². The molecule has 0 aliphatic rings. The minimum Gasteiger partial charge on any atom is -0.309 e. The average molecular weight is 287 g/mol. The summed E-state index contributed by atoms with van der Waals surface area (Å²) >= 11 is 0. The standard InChI is InChI=1S/C14H14FN5O/c1-2-10-5-12(19-18-10)17-14(21)6-11-8-20-7-9(15)3-4-13(20)16-11/h3-5,7-8H,2,6H2,1H3,(H2,17,18,19,21). The van der Waals surface area contributed by atoms with Crippen LogP contribution in [0.3, 0.4) is 0 Å². The number of aromatic amines is 1. The Morgan fingerprint density at radius 3 is 3.05 bits per heavy atom. The predicted octanol–water partition coefficient (Wildman–Crippen LogP) is 1.94. The molecule has 0 saturated carbocycles. The Morgan fingerprint density at radius 2 is 2.29 bits per heavy atom. The molecule has 0 saturated heterocycles. The van der Waals surface area contributed by atoms with Crippen LogP contribution in [-0.4, -0.2) is 25.5 Å². The Bertz CT molecular complexity index is 792. The minimum absolute atomic E-state index is 0.109. The van der Waals surface area contributed by atoms with Gasteiger partial charge in [0.15, 0.2) is 5.82 Å². The summed E-state index contributed by atoms with van der Waals surface area (Å²) in [6, 6.07) is 4.69. The number of hydrogen-bond donors (Lipinski definition) is 2. The van der Waals surface area contributed by atoms with Crippen LogP contribution in [-0.2, 0) is 17.6 Å². The Balaban J connectivity index is 1.70. The fourth-order valence-corrected chi connectivity index (χ4v) is 2.06. The fourth-order valence-electron chi connectivity index (χ4n) is 2.06. The number of aryl methyl sites for hydroxylation is 1. The second kappa shape index (κ2) is 5.35. The predicted molar refractivity (Wildman–Crippen MR) is 75.4 cm³/mol. The molecule has 0 aromatic carbocycles. The second-order valence-corrected chi connectivity index (χ2v) is 4.70. The molecule has 6 nitrogen and oxygen atoms in total. The molecule has 7 heteroatoms. The van der Waals surface area contributed by atoms with Crippen LogP contribution in [0.2, 0.25) is 0 Å². The highest BCUT2D eigenvalue weighted by atomic mass is 19.1. The first-order valence-electron chi connectivity index (χ1n) is 6.61. The molecule has 1 amide bonds. The van der Waals surface area contributed by atoms with Crippen molar-refractivity contribution in [3.63, 3.8) is 0 Å². The number of halogens is 1. The van der Waals surface area contributed by atoms with Gasteiger partial charge < -0.3 is 9.72 Å². The van der Waals surface area contributed by atoms with Crippen molar-refractivity contribution in [2.75, 3.05) is 5.32 Å². The van der Waals surface area contributed by atoms with Gasteiger partial charge in [0.25, 0.3) is 0 Å². The van der Waals surface area contributed by atoms with E-state index in [0.717, 1.165) is 12.1 Å². The van der Waals surface area contributed by atoms with Crippen molar-refractivity contribution in [3.05, 3.63) is 47.8 Å². The molecule has 3 aromatic rings. The molecular formula is C14H14FN5O. The number of hydrogen-bond acceptors (Lipinski definition) is 3. The number of pyridine rings is 1. The van der Waals surface area contributed by atoms with Gasteiger partial charge in [0.05, 0.1) is 12.1 Å². The van der Waals surface area contributed by atoms with Gasteiger partial charge in [-0.25, -0.2) is 9.37 Å². The molecule has 0 unspecified atom stereocenters. The molecule has 3 heterocycles. The molecule has 2 N–H and O–H groups in total. The zero-order chi connectivity index (χ0) is 14.8. The number of amides is 1. The van der Waals surface area contributed by atoms with Crippen molar-refractivity contribution in [3.8, 4) is 0 Å². The van der Waals surface area contributed by atoms with Crippen molar-refractivity contribution in [2.45, 2.75) is 19.8 Å². The zero-order valence-electron chi connectivity index (χ0n) is 11.4. The molecule has 108 valence electrons. The maximum atomic E-state index is 13.1. The van der Waals surface area contributed by atoms with Crippen LogP contribution >= 0.6 is 0 Å². The monoisotopic (exact) mass is 287 g/mol. The first kappa shape index (κ1) is 13.3. The van der Waals surface area contributed by atoms with E-state index in [-0.39, 0.29) is 18.1 Å². The van der Waals surface area contributed by atoms with Crippen molar-refractivity contribution in [1.29, 1.82) is 0 Å². The topological polar surface area (TPSA) is 75.1 Å². The van der Waals surface area contributed by atoms with Crippen molar-refractivity contribution < 1.29 is 9.18 Å². The van der Waals surface area contributed by atoms with Crippen LogP contribution in [0.4, 0.5) is 10.2 Å². The number of nitrogens with zero attached hydrogens (tertiary/aromatic N) is 3. The lowest BCUT2D eigenvalue weighted by Gasteiger charge is -1.98. The summed E-state index contributed by atoms with van der Waals surface area (Å²) in [5, 5.41) is 9.51. The van der Waals surface area contributed by atoms with E-state index in [1.807, 2.05) is 6.92 Å². The zero-order valence-corrected chi connectivity index (χ0v) is 11.4. The molecule has 0 fully saturated rings. The van der Waals surface area contributed by atoms with E-state index in [1.54, 1.807) is 22.7 Å². The maximum absolute atomic E-state index is 13.1. The lowest BCUT2D eigenvalue weighted by Crippen LogP contribution is -2.14. The summed E-state index contributed by atoms with van der Waals surface area (Å²) in [5.74, 6) is -0.0702. The lowest BCUT2D eigenvalue weighted by molar-refractivity contribution is -0.115. The highest BCUT2D eigenvalue weighted by Crippen LogP contribution is 2.09. The van der Waals surface area contributed by atoms with Crippen LogP contribution in [0.1, 0.15) is 18.3 Å². The Kier molecular flexibility index (Phi) is 3.39. The fraction of sp³-hybridized carbons (Fsp3) is 0.214. The van der Waals surface area contributed by atoms with Crippen LogP contribution < -0.4 is 5.32 Å². The van der Waals surface area contributed by atoms with E-state index in [9.17, 15) is 9.18 Å². The highest BCUT2D eigenvalue weighted by Gasteiger charge is 2.10. The lowest BCUT2D eigenvalue weighted by atomic mass is 10.3. The minimum atomic E-state index is -0.348. The van der Waals surface area contributed by atoms with Gasteiger partial charge in [-0.1, -0.05) is 6.92 Å². The van der Waals surface area contributed by atoms with Crippen molar-refractivity contribution in [1.82, 2.24) is 19.6 Å². The van der Waals surface area contributed by atoms with E-state index in [2.05, 4.69) is 20.5 Å². The number of carbonyl (C=O) groups excluding carboxylic acids is 1. The summed E-state index contributed by atoms with van der Waals surface area (Å²) in [6.07, 6.45) is 3.89. The number of imidazole rings is 1. The number of H-pyrrole nitrogens is 1. The van der Waals surface area contributed by atoms with Crippen LogP contribution in [0.5, 0.6) is 0 Å². The molecule has 0 aliphatic carbocycles. The van der Waals surface area contributed by atoms with Gasteiger partial charge in [0.2, 0.25) is 5.91 Å². The molecule has 21 heavy (non-hydrogen) atoms. The number of fused-ring (bicyclic) bond motifs is 1. The smallest absolute Gasteiger partial charge is 0.231 e. The average Bonchev–Trinajstić information content (AvgIpc) is 3.04. The Labute approximate surface area is 120 Å². The first-order valence-corrected chi connectivity index (χ1v) is 6.61. The van der Waals surface area contributed by atoms with Gasteiger partial charge in [-0.3, -0.25) is 9.89 Å². The van der Waals surface area contributed by atoms with Crippen LogP contribution in [0, 0.1) is 5.82 Å². The van der Waals surface area contributed by atoms with Gasteiger partial charge in [0.1, 0.15) is 11.5 Å². The summed E-state index contributed by atoms with van der Waals surface area (Å²) in [7, 11) is 0. The number of aromatic nitrogens is 4. The third-order valence-corrected chi connectivity index (χ3v) is 3.09. The summed E-state index contributed by atoms with van der Waals surface area (Å²) in [5.41, 5.74) is 2.13. The van der Waals surface area contributed by atoms with Gasteiger partial charge in [-0.15, -0.1) is 0 Å². The molecule has 0 aliphatic heterocycles. The third-order valence-electron chi connectivity index (χ3n) is 3.09. The van der Waals surface area contributed by atoms with Crippen molar-refractivity contribution >= 4 is 17.4 Å². The molecule has 0 spiro atoms. The Morgan fingerprint density at radius 1 is 1.43 bits per heavy atom. The quantitative estimate of drug-likeness (QED) is 0.770. The van der Waals surface area contributed by atoms with Gasteiger partial charge in [0, 0.05) is 24.2 Å². The first-order chi connectivity index (χ1) is 10.1. The van der Waals surface area contributed by atoms with E-state index in [1.165, 1.54) is 12.3 Å². The van der Waals surface area contributed by atoms with Crippen molar-refractivity contribution in [2.24, 2.45) is 0 Å². The largest absolute Gasteiger partial charge is 0.309 e. The van der Waals surface area contributed by atoms with Gasteiger partial charge in [-0.05, 0) is 18.6 Å². The van der Waals surface area contributed by atoms with E-state index < -0.39 is 0 Å². The Hall–Kier alpha value is -2.70. The number of anilines is 1. The van der Waals surface area contributed by atoms with E-state index >= 15 is 0 Å². The maximum Gasteiger partial charge on any atom is 0.231 e. The highest BCUT2D eigenvalue weighted by molar-refractivity contribution is 5.91. The molecule has 3 rings (SSSR count). The number of carbonyl (C=O) groups is 1. The molecule has 0 atom stereocenters. The van der Waals surface area contributed by atoms with Crippen LogP contribution in [0.15, 0.2) is 30.6 Å². The summed E-state index contributed by atoms with van der Waals surface area (Å²) < 4.78 is 14.6. The van der Waals surface area contributed by atoms with E-state index in [0.29, 0.717) is 17.2 Å². The molecule has 0 radical (unpaired) electrons. The molecule has 0 bridgehead atoms. The molecular weight excluding hydrogens is 273 g/mol. The molecule has 3 aromatic heterocycles. The summed E-state index contributed by atoms with van der Waals surface area (Å²) in [6.45, 7) is 1.99. The summed E-state index contributed by atoms with van der Waals surface area (Å²) in [4.78, 5) is 16.2. The SMILES string of the molecule is CCc1cc(NC(=O)Cc2cn3cc(F)ccc3n2)n[nH]1. The third kappa shape index (κ3) is 2.91.